The summed E-state index contributed by atoms with van der Waals surface area (Å²) in [5, 5.41) is 0. The lowest BCUT2D eigenvalue weighted by atomic mass is 9.86. The smallest absolute Gasteiger partial charge is 0.0417 e. The second-order valence-corrected chi connectivity index (χ2v) is 6.25. The van der Waals surface area contributed by atoms with Crippen molar-refractivity contribution in [3.05, 3.63) is 0 Å². The summed E-state index contributed by atoms with van der Waals surface area (Å²) < 4.78 is 0. The van der Waals surface area contributed by atoms with Crippen molar-refractivity contribution in [1.82, 2.24) is 0 Å². The third kappa shape index (κ3) is 9.68. The summed E-state index contributed by atoms with van der Waals surface area (Å²) in [7, 11) is 0. The van der Waals surface area contributed by atoms with Gasteiger partial charge in [0.25, 0.3) is 0 Å². The maximum absolute atomic E-state index is 2.46. The molecule has 0 aliphatic carbocycles. The normalized spacial score (nSPS) is 16.8. The fraction of sp³-hybridized carbons (Fsp3) is 1.00. The second kappa shape index (κ2) is 11.1. The van der Waals surface area contributed by atoms with E-state index in [4.69, 9.17) is 0 Å². The van der Waals surface area contributed by atoms with Crippen LogP contribution in [0.15, 0.2) is 0 Å². The van der Waals surface area contributed by atoms with E-state index in [2.05, 4.69) is 34.6 Å². The molecule has 0 saturated carbocycles. The molecular weight excluding hydrogens is 204 g/mol. The Hall–Kier alpha value is 0. The van der Waals surface area contributed by atoms with Gasteiger partial charge in [-0.15, -0.1) is 0 Å². The van der Waals surface area contributed by atoms with Crippen LogP contribution in [0.25, 0.3) is 0 Å². The lowest BCUT2D eigenvalue weighted by Gasteiger charge is -2.20. The van der Waals surface area contributed by atoms with E-state index in [0.717, 1.165) is 17.8 Å². The predicted molar refractivity (Wildman–Crippen MR) is 80.4 cm³/mol. The zero-order valence-corrected chi connectivity index (χ0v) is 13.1. The van der Waals surface area contributed by atoms with Crippen LogP contribution in [0.3, 0.4) is 0 Å². The molecule has 0 radical (unpaired) electrons. The van der Waals surface area contributed by atoms with Crippen LogP contribution in [0.2, 0.25) is 0 Å². The van der Waals surface area contributed by atoms with Crippen LogP contribution in [0.1, 0.15) is 92.4 Å². The first-order valence-electron chi connectivity index (χ1n) is 8.11. The first kappa shape index (κ1) is 17.0. The Bertz CT molecular complexity index is 150. The van der Waals surface area contributed by atoms with Gasteiger partial charge < -0.3 is 0 Å². The molecule has 3 atom stereocenters. The van der Waals surface area contributed by atoms with Crippen molar-refractivity contribution in [2.45, 2.75) is 92.4 Å². The SMILES string of the molecule is CCCCCCC(C)C(C)CCCC(C)CC. The topological polar surface area (TPSA) is 0 Å². The molecule has 0 aliphatic heterocycles. The highest BCUT2D eigenvalue weighted by molar-refractivity contribution is 4.63. The van der Waals surface area contributed by atoms with Gasteiger partial charge in [-0.25, -0.2) is 0 Å². The summed E-state index contributed by atoms with van der Waals surface area (Å²) in [6.07, 6.45) is 12.8. The number of hydrogen-bond donors (Lipinski definition) is 0. The number of unbranched alkanes of at least 4 members (excludes halogenated alkanes) is 3. The van der Waals surface area contributed by atoms with Crippen molar-refractivity contribution in [2.75, 3.05) is 0 Å². The Balaban J connectivity index is 3.49. The van der Waals surface area contributed by atoms with Gasteiger partial charge in [0.05, 0.1) is 0 Å². The first-order chi connectivity index (χ1) is 8.11. The Labute approximate surface area is 111 Å². The van der Waals surface area contributed by atoms with Crippen molar-refractivity contribution in [3.63, 3.8) is 0 Å². The molecule has 3 unspecified atom stereocenters. The highest BCUT2D eigenvalue weighted by Crippen LogP contribution is 2.24. The van der Waals surface area contributed by atoms with Gasteiger partial charge in [0.2, 0.25) is 0 Å². The Morgan fingerprint density at radius 3 is 1.76 bits per heavy atom. The molecule has 0 spiro atoms. The van der Waals surface area contributed by atoms with E-state index in [1.807, 2.05) is 0 Å². The van der Waals surface area contributed by atoms with Crippen LogP contribution in [0, 0.1) is 17.8 Å². The Kier molecular flexibility index (Phi) is 11.1. The van der Waals surface area contributed by atoms with Gasteiger partial charge in [-0.2, -0.15) is 0 Å². The molecule has 17 heavy (non-hydrogen) atoms. The van der Waals surface area contributed by atoms with Crippen molar-refractivity contribution in [2.24, 2.45) is 17.8 Å². The van der Waals surface area contributed by atoms with Crippen molar-refractivity contribution in [3.8, 4) is 0 Å². The molecule has 0 saturated heterocycles. The highest BCUT2D eigenvalue weighted by Gasteiger charge is 2.12. The molecule has 0 aromatic rings. The minimum atomic E-state index is 0.931. The minimum absolute atomic E-state index is 0.931. The highest BCUT2D eigenvalue weighted by atomic mass is 14.2. The molecule has 0 nitrogen and oxygen atoms in total. The summed E-state index contributed by atoms with van der Waals surface area (Å²) in [4.78, 5) is 0. The van der Waals surface area contributed by atoms with Gasteiger partial charge in [0.15, 0.2) is 0 Å². The average Bonchev–Trinajstić information content (AvgIpc) is 2.33. The van der Waals surface area contributed by atoms with E-state index in [1.165, 1.54) is 57.8 Å². The molecule has 0 bridgehead atoms. The summed E-state index contributed by atoms with van der Waals surface area (Å²) >= 11 is 0. The van der Waals surface area contributed by atoms with E-state index in [1.54, 1.807) is 0 Å². The van der Waals surface area contributed by atoms with E-state index in [0.29, 0.717) is 0 Å². The Morgan fingerprint density at radius 1 is 0.647 bits per heavy atom. The van der Waals surface area contributed by atoms with Crippen molar-refractivity contribution < 1.29 is 0 Å². The quantitative estimate of drug-likeness (QED) is 0.364. The van der Waals surface area contributed by atoms with Gasteiger partial charge in [0, 0.05) is 0 Å². The standard InChI is InChI=1S/C17H36/c1-6-8-9-10-13-16(4)17(5)14-11-12-15(3)7-2/h15-17H,6-14H2,1-5H3. The third-order valence-corrected chi connectivity index (χ3v) is 4.54. The molecule has 0 rings (SSSR count). The fourth-order valence-electron chi connectivity index (χ4n) is 2.45. The zero-order chi connectivity index (χ0) is 13.1. The van der Waals surface area contributed by atoms with Crippen LogP contribution in [0.4, 0.5) is 0 Å². The lowest BCUT2D eigenvalue weighted by Crippen LogP contribution is -2.08. The molecule has 0 aromatic carbocycles. The minimum Gasteiger partial charge on any atom is -0.0654 e. The average molecular weight is 240 g/mol. The van der Waals surface area contributed by atoms with Gasteiger partial charge in [-0.3, -0.25) is 0 Å². The fourth-order valence-corrected chi connectivity index (χ4v) is 2.45. The van der Waals surface area contributed by atoms with Crippen LogP contribution in [0.5, 0.6) is 0 Å². The predicted octanol–water partition coefficient (Wildman–Crippen LogP) is 6.45. The third-order valence-electron chi connectivity index (χ3n) is 4.54. The van der Waals surface area contributed by atoms with Crippen LogP contribution in [-0.2, 0) is 0 Å². The summed E-state index contributed by atoms with van der Waals surface area (Å²) in [5.74, 6) is 2.80. The summed E-state index contributed by atoms with van der Waals surface area (Å²) in [5.41, 5.74) is 0. The number of rotatable bonds is 11. The van der Waals surface area contributed by atoms with Gasteiger partial charge in [0.1, 0.15) is 0 Å². The van der Waals surface area contributed by atoms with Crippen molar-refractivity contribution in [1.29, 1.82) is 0 Å². The van der Waals surface area contributed by atoms with E-state index < -0.39 is 0 Å². The summed E-state index contributed by atoms with van der Waals surface area (Å²) in [6.45, 7) is 11.9. The van der Waals surface area contributed by atoms with Crippen LogP contribution >= 0.6 is 0 Å². The zero-order valence-electron chi connectivity index (χ0n) is 13.1. The van der Waals surface area contributed by atoms with Crippen LogP contribution < -0.4 is 0 Å². The molecule has 0 fully saturated rings. The Morgan fingerprint density at radius 2 is 1.24 bits per heavy atom. The van der Waals surface area contributed by atoms with E-state index >= 15 is 0 Å². The molecule has 0 N–H and O–H groups in total. The van der Waals surface area contributed by atoms with Crippen LogP contribution in [-0.4, -0.2) is 0 Å². The number of hydrogen-bond acceptors (Lipinski definition) is 0. The van der Waals surface area contributed by atoms with Crippen molar-refractivity contribution >= 4 is 0 Å². The first-order valence-corrected chi connectivity index (χ1v) is 8.11. The molecule has 104 valence electrons. The maximum atomic E-state index is 2.46. The summed E-state index contributed by atoms with van der Waals surface area (Å²) in [6, 6.07) is 0. The van der Waals surface area contributed by atoms with Gasteiger partial charge in [-0.05, 0) is 17.8 Å². The lowest BCUT2D eigenvalue weighted by molar-refractivity contribution is 0.315. The van der Waals surface area contributed by atoms with E-state index in [-0.39, 0.29) is 0 Å². The molecule has 0 heterocycles. The largest absolute Gasteiger partial charge is 0.0654 e. The molecule has 0 aliphatic rings. The monoisotopic (exact) mass is 240 g/mol. The van der Waals surface area contributed by atoms with E-state index in [9.17, 15) is 0 Å². The van der Waals surface area contributed by atoms with Gasteiger partial charge in [-0.1, -0.05) is 92.4 Å². The molecule has 0 heteroatoms. The van der Waals surface area contributed by atoms with Gasteiger partial charge >= 0.3 is 0 Å². The second-order valence-electron chi connectivity index (χ2n) is 6.25. The molecule has 0 aromatic heterocycles. The molecule has 0 amide bonds. The maximum Gasteiger partial charge on any atom is -0.0417 e. The molecular formula is C17H36.